The molecule has 4 heteroatoms. The molecule has 3 nitrogen and oxygen atoms in total. The van der Waals surface area contributed by atoms with Gasteiger partial charge in [0.05, 0.1) is 5.54 Å². The van der Waals surface area contributed by atoms with E-state index in [-0.39, 0.29) is 23.9 Å². The Bertz CT molecular complexity index is 411. The Kier molecular flexibility index (Phi) is 5.83. The first kappa shape index (κ1) is 16.0. The maximum absolute atomic E-state index is 12.2. The van der Waals surface area contributed by atoms with E-state index in [1.807, 2.05) is 24.3 Å². The fourth-order valence-corrected chi connectivity index (χ4v) is 2.64. The SMILES string of the molecule is CCc1ccc(C(=O)NC2(CN)CCCC2)cc1.Cl. The zero-order valence-electron chi connectivity index (χ0n) is 11.4. The predicted octanol–water partition coefficient (Wildman–Crippen LogP) is 2.67. The lowest BCUT2D eigenvalue weighted by Gasteiger charge is -2.28. The van der Waals surface area contributed by atoms with Crippen molar-refractivity contribution < 1.29 is 4.79 Å². The summed E-state index contributed by atoms with van der Waals surface area (Å²) in [6.45, 7) is 2.64. The van der Waals surface area contributed by atoms with Gasteiger partial charge in [0.1, 0.15) is 0 Å². The van der Waals surface area contributed by atoms with Crippen molar-refractivity contribution in [1.29, 1.82) is 0 Å². The monoisotopic (exact) mass is 282 g/mol. The fourth-order valence-electron chi connectivity index (χ4n) is 2.64. The van der Waals surface area contributed by atoms with Gasteiger partial charge in [0, 0.05) is 12.1 Å². The van der Waals surface area contributed by atoms with E-state index in [2.05, 4.69) is 12.2 Å². The molecule has 0 bridgehead atoms. The molecule has 0 atom stereocenters. The molecule has 1 aromatic rings. The second-order valence-corrected chi connectivity index (χ2v) is 5.20. The van der Waals surface area contributed by atoms with Crippen molar-refractivity contribution in [3.63, 3.8) is 0 Å². The molecule has 2 rings (SSSR count). The molecular formula is C15H23ClN2O. The van der Waals surface area contributed by atoms with E-state index in [4.69, 9.17) is 5.73 Å². The highest BCUT2D eigenvalue weighted by molar-refractivity contribution is 5.94. The van der Waals surface area contributed by atoms with Crippen LogP contribution in [0, 0.1) is 0 Å². The first-order valence-electron chi connectivity index (χ1n) is 6.81. The van der Waals surface area contributed by atoms with E-state index in [1.165, 1.54) is 5.56 Å². The van der Waals surface area contributed by atoms with E-state index >= 15 is 0 Å². The topological polar surface area (TPSA) is 55.1 Å². The minimum absolute atomic E-state index is 0. The molecule has 1 aromatic carbocycles. The van der Waals surface area contributed by atoms with Crippen LogP contribution in [0.3, 0.4) is 0 Å². The van der Waals surface area contributed by atoms with Crippen LogP contribution in [0.15, 0.2) is 24.3 Å². The summed E-state index contributed by atoms with van der Waals surface area (Å²) in [4.78, 5) is 12.2. The van der Waals surface area contributed by atoms with Gasteiger partial charge in [-0.15, -0.1) is 12.4 Å². The molecule has 1 amide bonds. The Hall–Kier alpha value is -1.06. The molecule has 0 spiro atoms. The van der Waals surface area contributed by atoms with Gasteiger partial charge in [0.15, 0.2) is 0 Å². The molecule has 0 unspecified atom stereocenters. The van der Waals surface area contributed by atoms with Crippen LogP contribution < -0.4 is 11.1 Å². The van der Waals surface area contributed by atoms with Gasteiger partial charge in [-0.25, -0.2) is 0 Å². The smallest absolute Gasteiger partial charge is 0.251 e. The number of carbonyl (C=O) groups excluding carboxylic acids is 1. The molecule has 19 heavy (non-hydrogen) atoms. The molecule has 106 valence electrons. The Morgan fingerprint density at radius 3 is 2.32 bits per heavy atom. The summed E-state index contributed by atoms with van der Waals surface area (Å²) in [6.07, 6.45) is 5.32. The van der Waals surface area contributed by atoms with Crippen LogP contribution >= 0.6 is 12.4 Å². The second-order valence-electron chi connectivity index (χ2n) is 5.20. The van der Waals surface area contributed by atoms with Crippen LogP contribution in [0.5, 0.6) is 0 Å². The Labute approximate surface area is 121 Å². The van der Waals surface area contributed by atoms with E-state index < -0.39 is 0 Å². The van der Waals surface area contributed by atoms with E-state index in [0.717, 1.165) is 37.7 Å². The lowest BCUT2D eigenvalue weighted by molar-refractivity contribution is 0.0903. The molecule has 3 N–H and O–H groups in total. The standard InChI is InChI=1S/C15H22N2O.ClH/c1-2-12-5-7-13(8-6-12)14(18)17-15(11-16)9-3-4-10-15;/h5-8H,2-4,9-11,16H2,1H3,(H,17,18);1H. The highest BCUT2D eigenvalue weighted by Crippen LogP contribution is 2.28. The summed E-state index contributed by atoms with van der Waals surface area (Å²) in [6, 6.07) is 7.82. The molecule has 1 saturated carbocycles. The van der Waals surface area contributed by atoms with E-state index in [0.29, 0.717) is 6.54 Å². The molecule has 0 aliphatic heterocycles. The summed E-state index contributed by atoms with van der Waals surface area (Å²) in [5.74, 6) is 0.00463. The highest BCUT2D eigenvalue weighted by Gasteiger charge is 2.33. The molecule has 0 aromatic heterocycles. The van der Waals surface area contributed by atoms with Gasteiger partial charge in [0.2, 0.25) is 0 Å². The maximum Gasteiger partial charge on any atom is 0.251 e. The summed E-state index contributed by atoms with van der Waals surface area (Å²) in [7, 11) is 0. The molecule has 0 saturated heterocycles. The van der Waals surface area contributed by atoms with Gasteiger partial charge in [-0.2, -0.15) is 0 Å². The van der Waals surface area contributed by atoms with Crippen LogP contribution in [0.25, 0.3) is 0 Å². The first-order chi connectivity index (χ1) is 8.69. The third kappa shape index (κ3) is 3.71. The van der Waals surface area contributed by atoms with E-state index in [1.54, 1.807) is 0 Å². The van der Waals surface area contributed by atoms with Gasteiger partial charge in [-0.1, -0.05) is 31.9 Å². The van der Waals surface area contributed by atoms with Gasteiger partial charge in [-0.05, 0) is 37.0 Å². The van der Waals surface area contributed by atoms with Crippen LogP contribution in [-0.2, 0) is 6.42 Å². The lowest BCUT2D eigenvalue weighted by atomic mass is 9.97. The number of benzene rings is 1. The number of amides is 1. The molecule has 1 aliphatic rings. The zero-order valence-corrected chi connectivity index (χ0v) is 12.3. The number of rotatable bonds is 4. The van der Waals surface area contributed by atoms with Crippen LogP contribution in [0.4, 0.5) is 0 Å². The minimum atomic E-state index is -0.166. The quantitative estimate of drug-likeness (QED) is 0.892. The van der Waals surface area contributed by atoms with Gasteiger partial charge < -0.3 is 11.1 Å². The number of hydrogen-bond acceptors (Lipinski definition) is 2. The Morgan fingerprint density at radius 1 is 1.26 bits per heavy atom. The van der Waals surface area contributed by atoms with Gasteiger partial charge in [0.25, 0.3) is 5.91 Å². The predicted molar refractivity (Wildman–Crippen MR) is 80.8 cm³/mol. The maximum atomic E-state index is 12.2. The highest BCUT2D eigenvalue weighted by atomic mass is 35.5. The summed E-state index contributed by atoms with van der Waals surface area (Å²) >= 11 is 0. The molecule has 1 aliphatic carbocycles. The number of carbonyl (C=O) groups is 1. The van der Waals surface area contributed by atoms with Crippen molar-refractivity contribution in [3.05, 3.63) is 35.4 Å². The van der Waals surface area contributed by atoms with Crippen molar-refractivity contribution in [3.8, 4) is 0 Å². The number of halogens is 1. The lowest BCUT2D eigenvalue weighted by Crippen LogP contribution is -2.51. The summed E-state index contributed by atoms with van der Waals surface area (Å²) in [5, 5.41) is 3.13. The van der Waals surface area contributed by atoms with Crippen molar-refractivity contribution in [2.45, 2.75) is 44.6 Å². The van der Waals surface area contributed by atoms with Crippen molar-refractivity contribution in [1.82, 2.24) is 5.32 Å². The third-order valence-corrected chi connectivity index (χ3v) is 3.95. The Balaban J connectivity index is 0.00000180. The van der Waals surface area contributed by atoms with Crippen molar-refractivity contribution in [2.75, 3.05) is 6.54 Å². The number of hydrogen-bond donors (Lipinski definition) is 2. The average Bonchev–Trinajstić information content (AvgIpc) is 2.88. The minimum Gasteiger partial charge on any atom is -0.345 e. The normalized spacial score (nSPS) is 16.7. The van der Waals surface area contributed by atoms with Gasteiger partial charge >= 0.3 is 0 Å². The summed E-state index contributed by atoms with van der Waals surface area (Å²) in [5.41, 5.74) is 7.64. The summed E-state index contributed by atoms with van der Waals surface area (Å²) < 4.78 is 0. The number of nitrogens with one attached hydrogen (secondary N) is 1. The number of aryl methyl sites for hydroxylation is 1. The van der Waals surface area contributed by atoms with Gasteiger partial charge in [-0.3, -0.25) is 4.79 Å². The molecule has 1 fully saturated rings. The zero-order chi connectivity index (χ0) is 13.0. The van der Waals surface area contributed by atoms with Crippen LogP contribution in [-0.4, -0.2) is 18.0 Å². The average molecular weight is 283 g/mol. The van der Waals surface area contributed by atoms with E-state index in [9.17, 15) is 4.79 Å². The molecule has 0 heterocycles. The second kappa shape index (κ2) is 6.92. The number of nitrogens with two attached hydrogens (primary N) is 1. The molecule has 0 radical (unpaired) electrons. The Morgan fingerprint density at radius 2 is 1.84 bits per heavy atom. The third-order valence-electron chi connectivity index (χ3n) is 3.95. The van der Waals surface area contributed by atoms with Crippen molar-refractivity contribution >= 4 is 18.3 Å². The van der Waals surface area contributed by atoms with Crippen LogP contribution in [0.1, 0.15) is 48.5 Å². The van der Waals surface area contributed by atoms with Crippen LogP contribution in [0.2, 0.25) is 0 Å². The fraction of sp³-hybridized carbons (Fsp3) is 0.533. The first-order valence-corrected chi connectivity index (χ1v) is 6.81. The molecular weight excluding hydrogens is 260 g/mol. The largest absolute Gasteiger partial charge is 0.345 e. The van der Waals surface area contributed by atoms with Crippen molar-refractivity contribution in [2.24, 2.45) is 5.73 Å².